The summed E-state index contributed by atoms with van der Waals surface area (Å²) in [4.78, 5) is 11.8. The van der Waals surface area contributed by atoms with E-state index < -0.39 is 11.8 Å². The molecule has 0 saturated heterocycles. The standard InChI is InChI=1S/C21H23F2N5O/c1-13(20-14(2)28(27-26-20)19-9-7-18(23)8-10-19)25-12-16(21(24)29)11-15-3-5-17(22)6-4-15/h3-10,13,16,25H,11-12H2,1-2H3,(H2,24,29)/t13-,16-/m1/s1. The number of primary amides is 1. The van der Waals surface area contributed by atoms with Crippen molar-refractivity contribution in [2.45, 2.75) is 26.3 Å². The molecule has 0 aliphatic heterocycles. The maximum absolute atomic E-state index is 13.1. The van der Waals surface area contributed by atoms with E-state index in [0.717, 1.165) is 17.0 Å². The molecular formula is C21H23F2N5O. The van der Waals surface area contributed by atoms with Crippen molar-refractivity contribution in [1.82, 2.24) is 20.3 Å². The summed E-state index contributed by atoms with van der Waals surface area (Å²) in [7, 11) is 0. The first-order valence-electron chi connectivity index (χ1n) is 9.30. The second kappa shape index (κ2) is 8.91. The third kappa shape index (κ3) is 5.03. The summed E-state index contributed by atoms with van der Waals surface area (Å²) in [6.07, 6.45) is 0.413. The third-order valence-corrected chi connectivity index (χ3v) is 4.88. The minimum atomic E-state index is -0.449. The molecule has 8 heteroatoms. The summed E-state index contributed by atoms with van der Waals surface area (Å²) >= 11 is 0. The molecule has 0 spiro atoms. The number of amides is 1. The highest BCUT2D eigenvalue weighted by atomic mass is 19.1. The summed E-state index contributed by atoms with van der Waals surface area (Å²) in [5, 5.41) is 11.7. The number of carbonyl (C=O) groups is 1. The number of carbonyl (C=O) groups excluding carboxylic acids is 1. The average molecular weight is 399 g/mol. The molecule has 0 radical (unpaired) electrons. The van der Waals surface area contributed by atoms with Crippen LogP contribution in [0.4, 0.5) is 8.78 Å². The van der Waals surface area contributed by atoms with Crippen LogP contribution in [0.5, 0.6) is 0 Å². The molecular weight excluding hydrogens is 376 g/mol. The Morgan fingerprint density at radius 2 is 1.69 bits per heavy atom. The minimum absolute atomic E-state index is 0.181. The van der Waals surface area contributed by atoms with Gasteiger partial charge in [-0.25, -0.2) is 13.5 Å². The van der Waals surface area contributed by atoms with Crippen molar-refractivity contribution in [1.29, 1.82) is 0 Å². The second-order valence-electron chi connectivity index (χ2n) is 7.01. The Balaban J connectivity index is 1.67. The summed E-state index contributed by atoms with van der Waals surface area (Å²) in [6, 6.07) is 11.8. The van der Waals surface area contributed by atoms with Gasteiger partial charge in [-0.05, 0) is 62.2 Å². The third-order valence-electron chi connectivity index (χ3n) is 4.88. The summed E-state index contributed by atoms with van der Waals surface area (Å²) in [5.74, 6) is -1.52. The van der Waals surface area contributed by atoms with E-state index in [0.29, 0.717) is 18.7 Å². The number of nitrogens with zero attached hydrogens (tertiary/aromatic N) is 3. The second-order valence-corrected chi connectivity index (χ2v) is 7.01. The molecule has 1 aromatic heterocycles. The maximum Gasteiger partial charge on any atom is 0.222 e. The van der Waals surface area contributed by atoms with Crippen LogP contribution >= 0.6 is 0 Å². The Labute approximate surface area is 167 Å². The number of benzene rings is 2. The van der Waals surface area contributed by atoms with Crippen LogP contribution in [0, 0.1) is 24.5 Å². The van der Waals surface area contributed by atoms with E-state index in [1.807, 2.05) is 13.8 Å². The van der Waals surface area contributed by atoms with E-state index >= 15 is 0 Å². The molecule has 152 valence electrons. The van der Waals surface area contributed by atoms with Gasteiger partial charge in [0.05, 0.1) is 23.3 Å². The molecule has 0 unspecified atom stereocenters. The Morgan fingerprint density at radius 1 is 1.10 bits per heavy atom. The van der Waals surface area contributed by atoms with E-state index in [1.165, 1.54) is 24.3 Å². The van der Waals surface area contributed by atoms with E-state index in [9.17, 15) is 13.6 Å². The fraction of sp³-hybridized carbons (Fsp3) is 0.286. The van der Waals surface area contributed by atoms with Crippen molar-refractivity contribution in [2.24, 2.45) is 11.7 Å². The lowest BCUT2D eigenvalue weighted by atomic mass is 9.98. The van der Waals surface area contributed by atoms with Crippen LogP contribution in [0.2, 0.25) is 0 Å². The number of rotatable bonds is 8. The quantitative estimate of drug-likeness (QED) is 0.610. The minimum Gasteiger partial charge on any atom is -0.369 e. The van der Waals surface area contributed by atoms with Crippen LogP contribution in [0.3, 0.4) is 0 Å². The average Bonchev–Trinajstić information content (AvgIpc) is 3.08. The molecule has 3 aromatic rings. The van der Waals surface area contributed by atoms with Crippen molar-refractivity contribution in [3.63, 3.8) is 0 Å². The lowest BCUT2D eigenvalue weighted by Gasteiger charge is -2.18. The zero-order valence-electron chi connectivity index (χ0n) is 16.3. The number of nitrogens with one attached hydrogen (secondary N) is 1. The normalized spacial score (nSPS) is 13.2. The summed E-state index contributed by atoms with van der Waals surface area (Å²) < 4.78 is 27.8. The molecule has 0 aliphatic rings. The molecule has 1 amide bonds. The number of halogens is 2. The van der Waals surface area contributed by atoms with Gasteiger partial charge in [-0.3, -0.25) is 4.79 Å². The van der Waals surface area contributed by atoms with Gasteiger partial charge in [0.25, 0.3) is 0 Å². The summed E-state index contributed by atoms with van der Waals surface area (Å²) in [6.45, 7) is 4.14. The Hall–Kier alpha value is -3.13. The highest BCUT2D eigenvalue weighted by Gasteiger charge is 2.20. The number of nitrogens with two attached hydrogens (primary N) is 1. The van der Waals surface area contributed by atoms with Gasteiger partial charge in [-0.1, -0.05) is 17.3 Å². The molecule has 3 rings (SSSR count). The van der Waals surface area contributed by atoms with Gasteiger partial charge in [0, 0.05) is 6.54 Å². The monoisotopic (exact) mass is 399 g/mol. The number of hydrogen-bond acceptors (Lipinski definition) is 4. The molecule has 0 fully saturated rings. The molecule has 0 bridgehead atoms. The predicted molar refractivity (Wildman–Crippen MR) is 105 cm³/mol. The van der Waals surface area contributed by atoms with Crippen LogP contribution in [0.25, 0.3) is 5.69 Å². The molecule has 3 N–H and O–H groups in total. The molecule has 2 atom stereocenters. The van der Waals surface area contributed by atoms with Gasteiger partial charge >= 0.3 is 0 Å². The lowest BCUT2D eigenvalue weighted by molar-refractivity contribution is -0.121. The summed E-state index contributed by atoms with van der Waals surface area (Å²) in [5.41, 5.74) is 8.62. The van der Waals surface area contributed by atoms with Crippen LogP contribution in [0.15, 0.2) is 48.5 Å². The van der Waals surface area contributed by atoms with Crippen LogP contribution in [-0.2, 0) is 11.2 Å². The zero-order chi connectivity index (χ0) is 21.0. The number of aromatic nitrogens is 3. The largest absolute Gasteiger partial charge is 0.369 e. The molecule has 6 nitrogen and oxygen atoms in total. The highest BCUT2D eigenvalue weighted by Crippen LogP contribution is 2.19. The predicted octanol–water partition coefficient (Wildman–Crippen LogP) is 2.85. The first-order valence-corrected chi connectivity index (χ1v) is 9.30. The fourth-order valence-corrected chi connectivity index (χ4v) is 3.16. The van der Waals surface area contributed by atoms with Gasteiger partial charge in [0.1, 0.15) is 17.3 Å². The topological polar surface area (TPSA) is 85.8 Å². The van der Waals surface area contributed by atoms with Gasteiger partial charge < -0.3 is 11.1 Å². The first-order chi connectivity index (χ1) is 13.8. The van der Waals surface area contributed by atoms with E-state index in [-0.39, 0.29) is 17.7 Å². The first kappa shape index (κ1) is 20.6. The smallest absolute Gasteiger partial charge is 0.222 e. The fourth-order valence-electron chi connectivity index (χ4n) is 3.16. The van der Waals surface area contributed by atoms with Crippen LogP contribution < -0.4 is 11.1 Å². The van der Waals surface area contributed by atoms with Crippen molar-refractivity contribution in [3.05, 3.63) is 77.1 Å². The van der Waals surface area contributed by atoms with Gasteiger partial charge in [-0.2, -0.15) is 0 Å². The molecule has 0 saturated carbocycles. The molecule has 29 heavy (non-hydrogen) atoms. The van der Waals surface area contributed by atoms with Gasteiger partial charge in [-0.15, -0.1) is 5.10 Å². The van der Waals surface area contributed by atoms with Crippen molar-refractivity contribution >= 4 is 5.91 Å². The van der Waals surface area contributed by atoms with Crippen molar-refractivity contribution < 1.29 is 13.6 Å². The van der Waals surface area contributed by atoms with E-state index in [1.54, 1.807) is 28.9 Å². The highest BCUT2D eigenvalue weighted by molar-refractivity contribution is 5.77. The Bertz CT molecular complexity index is 970. The Kier molecular flexibility index (Phi) is 6.33. The zero-order valence-corrected chi connectivity index (χ0v) is 16.3. The van der Waals surface area contributed by atoms with Crippen LogP contribution in [0.1, 0.15) is 29.9 Å². The van der Waals surface area contributed by atoms with Gasteiger partial charge in [0.15, 0.2) is 0 Å². The van der Waals surface area contributed by atoms with Crippen LogP contribution in [-0.4, -0.2) is 27.4 Å². The maximum atomic E-state index is 13.1. The van der Waals surface area contributed by atoms with E-state index in [2.05, 4.69) is 15.6 Å². The van der Waals surface area contributed by atoms with Crippen molar-refractivity contribution in [2.75, 3.05) is 6.54 Å². The van der Waals surface area contributed by atoms with E-state index in [4.69, 9.17) is 5.73 Å². The lowest BCUT2D eigenvalue weighted by Crippen LogP contribution is -2.35. The molecule has 2 aromatic carbocycles. The van der Waals surface area contributed by atoms with Gasteiger partial charge in [0.2, 0.25) is 5.91 Å². The number of hydrogen-bond donors (Lipinski definition) is 2. The van der Waals surface area contributed by atoms with Crippen molar-refractivity contribution in [3.8, 4) is 5.69 Å². The Morgan fingerprint density at radius 3 is 2.28 bits per heavy atom. The SMILES string of the molecule is Cc1c([C@@H](C)NC[C@@H](Cc2ccc(F)cc2)C(N)=O)nnn1-c1ccc(F)cc1. The molecule has 1 heterocycles. The molecule has 0 aliphatic carbocycles.